The summed E-state index contributed by atoms with van der Waals surface area (Å²) in [6.07, 6.45) is 0. The summed E-state index contributed by atoms with van der Waals surface area (Å²) in [4.78, 5) is 12.2. The Bertz CT molecular complexity index is 597. The second-order valence-corrected chi connectivity index (χ2v) is 4.61. The van der Waals surface area contributed by atoms with E-state index in [1.807, 2.05) is 20.8 Å². The van der Waals surface area contributed by atoms with Crippen molar-refractivity contribution in [3.05, 3.63) is 46.8 Å². The number of carbonyl (C=O) groups excluding carboxylic acids is 1. The number of hydrogen-bond donors (Lipinski definition) is 0. The van der Waals surface area contributed by atoms with Gasteiger partial charge in [-0.05, 0) is 50.6 Å². The number of aryl methyl sites for hydroxylation is 1. The minimum absolute atomic E-state index is 0.0493. The summed E-state index contributed by atoms with van der Waals surface area (Å²) in [7, 11) is 1.61. The highest BCUT2D eigenvalue weighted by Gasteiger charge is 2.12. The molecule has 0 atom stereocenters. The zero-order chi connectivity index (χ0) is 14.0. The van der Waals surface area contributed by atoms with Crippen molar-refractivity contribution >= 4 is 5.78 Å². The van der Waals surface area contributed by atoms with Crippen LogP contribution in [0.4, 0.5) is 0 Å². The zero-order valence-corrected chi connectivity index (χ0v) is 11.7. The van der Waals surface area contributed by atoms with Crippen LogP contribution in [0.15, 0.2) is 24.3 Å². The molecule has 1 aromatic heterocycles. The molecule has 0 aliphatic rings. The average molecular weight is 258 g/mol. The summed E-state index contributed by atoms with van der Waals surface area (Å²) >= 11 is 0. The number of Topliss-reactive ketones (excluding diaryl/α,β-unsaturated/α-hetero) is 1. The van der Waals surface area contributed by atoms with Crippen LogP contribution in [0.25, 0.3) is 0 Å². The normalized spacial score (nSPS) is 10.5. The summed E-state index contributed by atoms with van der Waals surface area (Å²) in [5.74, 6) is 0.798. The Kier molecular flexibility index (Phi) is 3.69. The Labute approximate surface area is 113 Å². The predicted molar refractivity (Wildman–Crippen MR) is 73.8 cm³/mol. The number of rotatable bonds is 4. The predicted octanol–water partition coefficient (Wildman–Crippen LogP) is 2.70. The molecule has 1 aromatic carbocycles. The standard InChI is InChI=1S/C15H18N2O2/c1-10-11(2)16-17(12(10)3)9-15(18)13-5-7-14(19-4)8-6-13/h5-8H,9H2,1-4H3. The van der Waals surface area contributed by atoms with Crippen LogP contribution in [-0.4, -0.2) is 22.7 Å². The molecule has 0 bridgehead atoms. The third-order valence-electron chi connectivity index (χ3n) is 3.45. The number of hydrogen-bond acceptors (Lipinski definition) is 3. The van der Waals surface area contributed by atoms with Crippen molar-refractivity contribution in [3.8, 4) is 5.75 Å². The molecule has 0 fully saturated rings. The van der Waals surface area contributed by atoms with Crippen LogP contribution < -0.4 is 4.74 Å². The molecule has 0 aliphatic heterocycles. The van der Waals surface area contributed by atoms with Gasteiger partial charge in [0.05, 0.1) is 12.8 Å². The first-order valence-corrected chi connectivity index (χ1v) is 6.20. The molecule has 4 heteroatoms. The van der Waals surface area contributed by atoms with Crippen molar-refractivity contribution in [2.24, 2.45) is 0 Å². The number of nitrogens with zero attached hydrogens (tertiary/aromatic N) is 2. The highest BCUT2D eigenvalue weighted by atomic mass is 16.5. The summed E-state index contributed by atoms with van der Waals surface area (Å²) < 4.78 is 6.84. The largest absolute Gasteiger partial charge is 0.497 e. The molecular weight excluding hydrogens is 240 g/mol. The Balaban J connectivity index is 2.18. The second kappa shape index (κ2) is 5.26. The van der Waals surface area contributed by atoms with Gasteiger partial charge in [0.15, 0.2) is 5.78 Å². The van der Waals surface area contributed by atoms with E-state index in [4.69, 9.17) is 4.74 Å². The molecule has 2 aromatic rings. The summed E-state index contributed by atoms with van der Waals surface area (Å²) in [6, 6.07) is 7.14. The molecular formula is C15H18N2O2. The number of aromatic nitrogens is 2. The Morgan fingerprint density at radius 2 is 1.84 bits per heavy atom. The fourth-order valence-electron chi connectivity index (χ4n) is 1.94. The average Bonchev–Trinajstić information content (AvgIpc) is 2.66. The van der Waals surface area contributed by atoms with Crippen molar-refractivity contribution in [3.63, 3.8) is 0 Å². The first kappa shape index (κ1) is 13.3. The lowest BCUT2D eigenvalue weighted by atomic mass is 10.1. The first-order valence-electron chi connectivity index (χ1n) is 6.20. The van der Waals surface area contributed by atoms with Gasteiger partial charge in [-0.3, -0.25) is 9.48 Å². The summed E-state index contributed by atoms with van der Waals surface area (Å²) in [6.45, 7) is 6.23. The van der Waals surface area contributed by atoms with Crippen molar-refractivity contribution in [1.29, 1.82) is 0 Å². The minimum atomic E-state index is 0.0493. The Morgan fingerprint density at radius 3 is 2.32 bits per heavy atom. The molecule has 0 saturated heterocycles. The number of methoxy groups -OCH3 is 1. The molecule has 0 spiro atoms. The maximum Gasteiger partial charge on any atom is 0.184 e. The van der Waals surface area contributed by atoms with E-state index < -0.39 is 0 Å². The molecule has 0 saturated carbocycles. The molecule has 1 heterocycles. The van der Waals surface area contributed by atoms with Crippen LogP contribution in [0.1, 0.15) is 27.3 Å². The van der Waals surface area contributed by atoms with Gasteiger partial charge in [-0.25, -0.2) is 0 Å². The SMILES string of the molecule is COc1ccc(C(=O)Cn2nc(C)c(C)c2C)cc1. The summed E-state index contributed by atoms with van der Waals surface area (Å²) in [5.41, 5.74) is 3.83. The first-order chi connectivity index (χ1) is 9.02. The van der Waals surface area contributed by atoms with E-state index in [-0.39, 0.29) is 12.3 Å². The topological polar surface area (TPSA) is 44.1 Å². The Morgan fingerprint density at radius 1 is 1.21 bits per heavy atom. The van der Waals surface area contributed by atoms with Crippen LogP contribution >= 0.6 is 0 Å². The van der Waals surface area contributed by atoms with E-state index in [2.05, 4.69) is 5.10 Å². The number of benzene rings is 1. The third kappa shape index (κ3) is 2.67. The van der Waals surface area contributed by atoms with Crippen LogP contribution in [0.2, 0.25) is 0 Å². The molecule has 19 heavy (non-hydrogen) atoms. The number of carbonyl (C=O) groups is 1. The van der Waals surface area contributed by atoms with Crippen molar-refractivity contribution < 1.29 is 9.53 Å². The lowest BCUT2D eigenvalue weighted by Crippen LogP contribution is -2.13. The minimum Gasteiger partial charge on any atom is -0.497 e. The third-order valence-corrected chi connectivity index (χ3v) is 3.45. The van der Waals surface area contributed by atoms with Crippen molar-refractivity contribution in [2.75, 3.05) is 7.11 Å². The van der Waals surface area contributed by atoms with Gasteiger partial charge in [0.2, 0.25) is 0 Å². The van der Waals surface area contributed by atoms with Crippen LogP contribution in [-0.2, 0) is 6.54 Å². The van der Waals surface area contributed by atoms with Gasteiger partial charge in [-0.15, -0.1) is 0 Å². The maximum absolute atomic E-state index is 12.2. The van der Waals surface area contributed by atoms with Crippen molar-refractivity contribution in [1.82, 2.24) is 9.78 Å². The van der Waals surface area contributed by atoms with E-state index in [1.54, 1.807) is 36.1 Å². The molecule has 4 nitrogen and oxygen atoms in total. The van der Waals surface area contributed by atoms with Crippen LogP contribution in [0.5, 0.6) is 5.75 Å². The van der Waals surface area contributed by atoms with Gasteiger partial charge in [-0.1, -0.05) is 0 Å². The van der Waals surface area contributed by atoms with E-state index in [1.165, 1.54) is 0 Å². The molecule has 0 radical (unpaired) electrons. The van der Waals surface area contributed by atoms with Gasteiger partial charge in [0.25, 0.3) is 0 Å². The molecule has 100 valence electrons. The monoisotopic (exact) mass is 258 g/mol. The van der Waals surface area contributed by atoms with Gasteiger partial charge in [0.1, 0.15) is 12.3 Å². The van der Waals surface area contributed by atoms with E-state index in [0.29, 0.717) is 5.56 Å². The van der Waals surface area contributed by atoms with Crippen LogP contribution in [0, 0.1) is 20.8 Å². The zero-order valence-electron chi connectivity index (χ0n) is 11.7. The van der Waals surface area contributed by atoms with E-state index >= 15 is 0 Å². The summed E-state index contributed by atoms with van der Waals surface area (Å²) in [5, 5.41) is 4.38. The van der Waals surface area contributed by atoms with Gasteiger partial charge >= 0.3 is 0 Å². The van der Waals surface area contributed by atoms with Crippen molar-refractivity contribution in [2.45, 2.75) is 27.3 Å². The van der Waals surface area contributed by atoms with Crippen LogP contribution in [0.3, 0.4) is 0 Å². The molecule has 0 aliphatic carbocycles. The highest BCUT2D eigenvalue weighted by molar-refractivity contribution is 5.96. The quantitative estimate of drug-likeness (QED) is 0.792. The highest BCUT2D eigenvalue weighted by Crippen LogP contribution is 2.14. The molecule has 0 unspecified atom stereocenters. The lowest BCUT2D eigenvalue weighted by Gasteiger charge is -2.05. The second-order valence-electron chi connectivity index (χ2n) is 4.61. The van der Waals surface area contributed by atoms with E-state index in [9.17, 15) is 4.79 Å². The molecule has 2 rings (SSSR count). The van der Waals surface area contributed by atoms with Gasteiger partial charge in [0, 0.05) is 11.3 Å². The lowest BCUT2D eigenvalue weighted by molar-refractivity contribution is 0.0966. The fourth-order valence-corrected chi connectivity index (χ4v) is 1.94. The Hall–Kier alpha value is -2.10. The smallest absolute Gasteiger partial charge is 0.184 e. The maximum atomic E-state index is 12.2. The van der Waals surface area contributed by atoms with E-state index in [0.717, 1.165) is 22.7 Å². The van der Waals surface area contributed by atoms with Gasteiger partial charge < -0.3 is 4.74 Å². The molecule has 0 amide bonds. The number of ether oxygens (including phenoxy) is 1. The van der Waals surface area contributed by atoms with Gasteiger partial charge in [-0.2, -0.15) is 5.10 Å². The number of ketones is 1. The molecule has 0 N–H and O–H groups in total. The fraction of sp³-hybridized carbons (Fsp3) is 0.333.